The van der Waals surface area contributed by atoms with Gasteiger partial charge in [-0.15, -0.1) is 0 Å². The van der Waals surface area contributed by atoms with Gasteiger partial charge in [-0.25, -0.2) is 4.79 Å². The predicted octanol–water partition coefficient (Wildman–Crippen LogP) is 1.49. The molecular weight excluding hydrogens is 308 g/mol. The van der Waals surface area contributed by atoms with Crippen LogP contribution in [0.4, 0.5) is 10.5 Å². The molecule has 0 aliphatic heterocycles. The molecule has 0 radical (unpaired) electrons. The number of rotatable bonds is 5. The van der Waals surface area contributed by atoms with Gasteiger partial charge in [-0.05, 0) is 46.9 Å². The van der Waals surface area contributed by atoms with E-state index in [2.05, 4.69) is 16.0 Å². The maximum atomic E-state index is 11.9. The summed E-state index contributed by atoms with van der Waals surface area (Å²) >= 11 is 0. The van der Waals surface area contributed by atoms with Crippen molar-refractivity contribution in [1.29, 1.82) is 0 Å². The molecule has 1 aromatic carbocycles. The minimum Gasteiger partial charge on any atom is -0.333 e. The molecule has 0 heterocycles. The summed E-state index contributed by atoms with van der Waals surface area (Å²) in [6.45, 7) is 7.41. The van der Waals surface area contributed by atoms with E-state index in [1.54, 1.807) is 7.05 Å². The lowest BCUT2D eigenvalue weighted by Gasteiger charge is -2.21. The van der Waals surface area contributed by atoms with Crippen LogP contribution in [0, 0.1) is 6.92 Å². The van der Waals surface area contributed by atoms with Crippen molar-refractivity contribution in [3.63, 3.8) is 0 Å². The fourth-order valence-electron chi connectivity index (χ4n) is 1.92. The molecule has 0 atom stereocenters. The molecule has 1 aromatic rings. The molecule has 132 valence electrons. The number of hydrogen-bond donors (Lipinski definition) is 3. The number of benzene rings is 1. The van der Waals surface area contributed by atoms with Crippen LogP contribution in [0.1, 0.15) is 26.3 Å². The number of aryl methyl sites for hydroxylation is 1. The van der Waals surface area contributed by atoms with Crippen molar-refractivity contribution in [2.45, 2.75) is 33.2 Å². The van der Waals surface area contributed by atoms with Gasteiger partial charge in [-0.3, -0.25) is 19.8 Å². The number of hydrogen-bond acceptors (Lipinski definition) is 4. The molecule has 1 rings (SSSR count). The number of carbonyl (C=O) groups is 3. The van der Waals surface area contributed by atoms with Crippen LogP contribution in [0.15, 0.2) is 24.3 Å². The van der Waals surface area contributed by atoms with Crippen molar-refractivity contribution in [2.24, 2.45) is 0 Å². The Morgan fingerprint density at radius 3 is 2.08 bits per heavy atom. The molecule has 0 aliphatic carbocycles. The predicted molar refractivity (Wildman–Crippen MR) is 93.7 cm³/mol. The summed E-state index contributed by atoms with van der Waals surface area (Å²) in [6.07, 6.45) is 0. The third kappa shape index (κ3) is 8.28. The lowest BCUT2D eigenvalue weighted by Crippen LogP contribution is -2.50. The van der Waals surface area contributed by atoms with E-state index in [4.69, 9.17) is 0 Å². The molecule has 0 spiro atoms. The van der Waals surface area contributed by atoms with Crippen molar-refractivity contribution < 1.29 is 14.4 Å². The van der Waals surface area contributed by atoms with E-state index in [0.717, 1.165) is 5.56 Å². The first-order valence-corrected chi connectivity index (χ1v) is 7.72. The van der Waals surface area contributed by atoms with Gasteiger partial charge < -0.3 is 10.6 Å². The summed E-state index contributed by atoms with van der Waals surface area (Å²) in [7, 11) is 1.63. The van der Waals surface area contributed by atoms with E-state index >= 15 is 0 Å². The highest BCUT2D eigenvalue weighted by molar-refractivity contribution is 5.96. The maximum absolute atomic E-state index is 11.9. The van der Waals surface area contributed by atoms with E-state index in [9.17, 15) is 14.4 Å². The lowest BCUT2D eigenvalue weighted by atomic mass is 10.1. The molecule has 0 aliphatic rings. The highest BCUT2D eigenvalue weighted by Gasteiger charge is 2.17. The van der Waals surface area contributed by atoms with Crippen LogP contribution in [0.5, 0.6) is 0 Å². The molecule has 3 N–H and O–H groups in total. The van der Waals surface area contributed by atoms with E-state index in [-0.39, 0.29) is 19.0 Å². The first-order chi connectivity index (χ1) is 11.0. The molecule has 0 saturated heterocycles. The second kappa shape index (κ2) is 8.44. The molecule has 0 bridgehead atoms. The van der Waals surface area contributed by atoms with Crippen LogP contribution in [-0.2, 0) is 9.59 Å². The number of urea groups is 1. The second-order valence-corrected chi connectivity index (χ2v) is 6.84. The van der Waals surface area contributed by atoms with E-state index in [1.165, 1.54) is 4.90 Å². The first-order valence-electron chi connectivity index (χ1n) is 7.72. The quantitative estimate of drug-likeness (QED) is 0.761. The third-order valence-corrected chi connectivity index (χ3v) is 2.90. The summed E-state index contributed by atoms with van der Waals surface area (Å²) in [6, 6.07) is 6.89. The van der Waals surface area contributed by atoms with Crippen LogP contribution in [0.2, 0.25) is 0 Å². The zero-order chi connectivity index (χ0) is 18.3. The zero-order valence-corrected chi connectivity index (χ0v) is 14.9. The molecule has 7 heteroatoms. The van der Waals surface area contributed by atoms with Gasteiger partial charge in [0.05, 0.1) is 13.1 Å². The van der Waals surface area contributed by atoms with Crippen LogP contribution in [0.3, 0.4) is 0 Å². The number of nitrogens with one attached hydrogen (secondary N) is 3. The molecule has 0 aromatic heterocycles. The van der Waals surface area contributed by atoms with Crippen molar-refractivity contribution in [2.75, 3.05) is 25.5 Å². The summed E-state index contributed by atoms with van der Waals surface area (Å²) in [4.78, 5) is 36.8. The van der Waals surface area contributed by atoms with Gasteiger partial charge in [0, 0.05) is 11.2 Å². The standard InChI is InChI=1S/C17H26N4O3/c1-12-6-8-13(9-7-12)18-14(22)10-21(5)11-15(23)19-16(24)20-17(2,3)4/h6-9H,10-11H2,1-5H3,(H,18,22)(H2,19,20,23,24). The Labute approximate surface area is 142 Å². The normalized spacial score (nSPS) is 11.1. The first kappa shape index (κ1) is 19.6. The average molecular weight is 334 g/mol. The minimum absolute atomic E-state index is 0.0438. The monoisotopic (exact) mass is 334 g/mol. The fraction of sp³-hybridized carbons (Fsp3) is 0.471. The Morgan fingerprint density at radius 1 is 1.00 bits per heavy atom. The molecule has 0 unspecified atom stereocenters. The van der Waals surface area contributed by atoms with E-state index in [0.29, 0.717) is 5.69 Å². The van der Waals surface area contributed by atoms with Crippen molar-refractivity contribution in [3.8, 4) is 0 Å². The highest BCUT2D eigenvalue weighted by atomic mass is 16.2. The molecular formula is C17H26N4O3. The largest absolute Gasteiger partial charge is 0.333 e. The van der Waals surface area contributed by atoms with Gasteiger partial charge >= 0.3 is 6.03 Å². The smallest absolute Gasteiger partial charge is 0.321 e. The van der Waals surface area contributed by atoms with E-state index < -0.39 is 17.5 Å². The van der Waals surface area contributed by atoms with Crippen LogP contribution in [-0.4, -0.2) is 48.4 Å². The summed E-state index contributed by atoms with van der Waals surface area (Å²) in [5, 5.41) is 7.62. The van der Waals surface area contributed by atoms with Crippen molar-refractivity contribution >= 4 is 23.5 Å². The average Bonchev–Trinajstić information content (AvgIpc) is 2.38. The summed E-state index contributed by atoms with van der Waals surface area (Å²) in [5.74, 6) is -0.698. The van der Waals surface area contributed by atoms with Crippen molar-refractivity contribution in [3.05, 3.63) is 29.8 Å². The fourth-order valence-corrected chi connectivity index (χ4v) is 1.92. The molecule has 0 fully saturated rings. The van der Waals surface area contributed by atoms with Crippen LogP contribution in [0.25, 0.3) is 0 Å². The SMILES string of the molecule is Cc1ccc(NC(=O)CN(C)CC(=O)NC(=O)NC(C)(C)C)cc1. The maximum Gasteiger partial charge on any atom is 0.321 e. The lowest BCUT2D eigenvalue weighted by molar-refractivity contribution is -0.122. The number of amides is 4. The Balaban J connectivity index is 2.37. The Morgan fingerprint density at radius 2 is 1.54 bits per heavy atom. The Kier molecular flexibility index (Phi) is 6.91. The van der Waals surface area contributed by atoms with Gasteiger partial charge in [0.2, 0.25) is 11.8 Å². The number of carbonyl (C=O) groups excluding carboxylic acids is 3. The second-order valence-electron chi connectivity index (χ2n) is 6.84. The molecule has 0 saturated carbocycles. The molecule has 7 nitrogen and oxygen atoms in total. The summed E-state index contributed by atoms with van der Waals surface area (Å²) in [5.41, 5.74) is 1.38. The molecule has 24 heavy (non-hydrogen) atoms. The zero-order valence-electron chi connectivity index (χ0n) is 14.9. The third-order valence-electron chi connectivity index (χ3n) is 2.90. The Bertz CT molecular complexity index is 591. The van der Waals surface area contributed by atoms with Gasteiger partial charge in [-0.2, -0.15) is 0 Å². The topological polar surface area (TPSA) is 90.5 Å². The van der Waals surface area contributed by atoms with Crippen molar-refractivity contribution in [1.82, 2.24) is 15.5 Å². The Hall–Kier alpha value is -2.41. The number of imide groups is 1. The number of anilines is 1. The number of likely N-dealkylation sites (N-methyl/N-ethyl adjacent to an activating group) is 1. The van der Waals surface area contributed by atoms with Crippen LogP contribution >= 0.6 is 0 Å². The van der Waals surface area contributed by atoms with Gasteiger partial charge in [0.1, 0.15) is 0 Å². The minimum atomic E-state index is -0.551. The van der Waals surface area contributed by atoms with Crippen LogP contribution < -0.4 is 16.0 Å². The van der Waals surface area contributed by atoms with Gasteiger partial charge in [-0.1, -0.05) is 17.7 Å². The summed E-state index contributed by atoms with van der Waals surface area (Å²) < 4.78 is 0. The van der Waals surface area contributed by atoms with Gasteiger partial charge in [0.25, 0.3) is 0 Å². The molecule has 4 amide bonds. The highest BCUT2D eigenvalue weighted by Crippen LogP contribution is 2.08. The van der Waals surface area contributed by atoms with E-state index in [1.807, 2.05) is 52.0 Å². The number of nitrogens with zero attached hydrogens (tertiary/aromatic N) is 1. The van der Waals surface area contributed by atoms with Gasteiger partial charge in [0.15, 0.2) is 0 Å².